The van der Waals surface area contributed by atoms with Crippen molar-refractivity contribution in [2.75, 3.05) is 24.1 Å². The predicted octanol–water partition coefficient (Wildman–Crippen LogP) is 1.47. The monoisotopic (exact) mass is 283 g/mol. The minimum Gasteiger partial charge on any atom is -0.392 e. The number of nitrogens with zero attached hydrogens (tertiary/aromatic N) is 3. The Morgan fingerprint density at radius 2 is 2.29 bits per heavy atom. The lowest BCUT2D eigenvalue weighted by atomic mass is 10.1. The van der Waals surface area contributed by atoms with Crippen LogP contribution in [0.3, 0.4) is 0 Å². The zero-order chi connectivity index (χ0) is 14.8. The van der Waals surface area contributed by atoms with Crippen molar-refractivity contribution in [2.24, 2.45) is 4.99 Å². The molecule has 0 spiro atoms. The van der Waals surface area contributed by atoms with Crippen molar-refractivity contribution < 1.29 is 5.11 Å². The molecule has 0 fully saturated rings. The van der Waals surface area contributed by atoms with Crippen LogP contribution in [0.5, 0.6) is 0 Å². The summed E-state index contributed by atoms with van der Waals surface area (Å²) in [7, 11) is 0. The van der Waals surface area contributed by atoms with Gasteiger partial charge in [0.2, 0.25) is 0 Å². The predicted molar refractivity (Wildman–Crippen MR) is 85.5 cm³/mol. The fraction of sp³-hybridized carbons (Fsp3) is 0.267. The van der Waals surface area contributed by atoms with Gasteiger partial charge in [0.05, 0.1) is 23.9 Å². The number of aliphatic hydroxyl groups excluding tert-OH is 1. The van der Waals surface area contributed by atoms with Gasteiger partial charge in [-0.05, 0) is 24.6 Å². The molecular weight excluding hydrogens is 266 g/mol. The van der Waals surface area contributed by atoms with E-state index in [1.165, 1.54) is 0 Å². The van der Waals surface area contributed by atoms with Crippen molar-refractivity contribution in [1.82, 2.24) is 9.97 Å². The molecule has 108 valence electrons. The largest absolute Gasteiger partial charge is 0.392 e. The molecule has 0 unspecified atom stereocenters. The van der Waals surface area contributed by atoms with Crippen molar-refractivity contribution in [2.45, 2.75) is 13.0 Å². The highest BCUT2D eigenvalue weighted by atomic mass is 16.3. The summed E-state index contributed by atoms with van der Waals surface area (Å²) in [5, 5.41) is 12.5. The van der Waals surface area contributed by atoms with Gasteiger partial charge in [-0.2, -0.15) is 0 Å². The van der Waals surface area contributed by atoms with Crippen molar-refractivity contribution in [3.63, 3.8) is 0 Å². The summed E-state index contributed by atoms with van der Waals surface area (Å²) < 4.78 is 0. The van der Waals surface area contributed by atoms with E-state index in [4.69, 9.17) is 5.73 Å². The van der Waals surface area contributed by atoms with Crippen LogP contribution in [0.2, 0.25) is 0 Å². The first-order valence-electron chi connectivity index (χ1n) is 6.81. The molecule has 6 heteroatoms. The molecule has 6 nitrogen and oxygen atoms in total. The molecule has 3 rings (SSSR count). The lowest BCUT2D eigenvalue weighted by Crippen LogP contribution is -2.16. The molecule has 0 saturated heterocycles. The van der Waals surface area contributed by atoms with Crippen LogP contribution in [0.4, 0.5) is 11.5 Å². The molecular formula is C15H17N5O. The van der Waals surface area contributed by atoms with Crippen LogP contribution in [0, 0.1) is 0 Å². The summed E-state index contributed by atoms with van der Waals surface area (Å²) >= 11 is 0. The number of aliphatic imine (C=N–C) groups is 1. The SMILES string of the molecule is C[C@H](O)CNc1cc(N)nc2cc(C3=CC=NC3)cnc12. The summed E-state index contributed by atoms with van der Waals surface area (Å²) in [5.74, 6) is 0.422. The number of aromatic nitrogens is 2. The topological polar surface area (TPSA) is 96.4 Å². The maximum atomic E-state index is 9.39. The Balaban J connectivity index is 2.01. The molecule has 1 aliphatic heterocycles. The highest BCUT2D eigenvalue weighted by molar-refractivity contribution is 5.94. The molecule has 2 aromatic heterocycles. The summed E-state index contributed by atoms with van der Waals surface area (Å²) in [5.41, 5.74) is 10.2. The second-order valence-corrected chi connectivity index (χ2v) is 5.10. The van der Waals surface area contributed by atoms with Crippen LogP contribution in [0.25, 0.3) is 16.6 Å². The minimum absolute atomic E-state index is 0.422. The molecule has 0 aliphatic carbocycles. The van der Waals surface area contributed by atoms with Gasteiger partial charge in [0.15, 0.2) is 0 Å². The summed E-state index contributed by atoms with van der Waals surface area (Å²) in [4.78, 5) is 13.0. The number of aliphatic hydroxyl groups is 1. The number of anilines is 2. The fourth-order valence-electron chi connectivity index (χ4n) is 2.24. The van der Waals surface area contributed by atoms with Gasteiger partial charge in [-0.25, -0.2) is 4.98 Å². The first kappa shape index (κ1) is 13.5. The number of pyridine rings is 2. The van der Waals surface area contributed by atoms with Crippen LogP contribution in [0.1, 0.15) is 12.5 Å². The van der Waals surface area contributed by atoms with E-state index in [1.54, 1.807) is 19.2 Å². The Morgan fingerprint density at radius 1 is 1.43 bits per heavy atom. The average molecular weight is 283 g/mol. The van der Waals surface area contributed by atoms with Gasteiger partial charge in [-0.1, -0.05) is 0 Å². The van der Waals surface area contributed by atoms with E-state index >= 15 is 0 Å². The number of nitrogen functional groups attached to an aromatic ring is 1. The fourth-order valence-corrected chi connectivity index (χ4v) is 2.24. The van der Waals surface area contributed by atoms with Gasteiger partial charge in [-0.3, -0.25) is 9.98 Å². The normalized spacial score (nSPS) is 15.2. The molecule has 0 aromatic carbocycles. The molecule has 4 N–H and O–H groups in total. The first-order chi connectivity index (χ1) is 10.1. The quantitative estimate of drug-likeness (QED) is 0.789. The highest BCUT2D eigenvalue weighted by Crippen LogP contribution is 2.26. The van der Waals surface area contributed by atoms with Crippen molar-refractivity contribution in [1.29, 1.82) is 0 Å². The molecule has 3 heterocycles. The van der Waals surface area contributed by atoms with Crippen LogP contribution in [-0.4, -0.2) is 40.5 Å². The van der Waals surface area contributed by atoms with Gasteiger partial charge in [0.25, 0.3) is 0 Å². The summed E-state index contributed by atoms with van der Waals surface area (Å²) in [6, 6.07) is 3.70. The maximum absolute atomic E-state index is 9.39. The molecule has 2 aromatic rings. The Morgan fingerprint density at radius 3 is 3.00 bits per heavy atom. The minimum atomic E-state index is -0.450. The maximum Gasteiger partial charge on any atom is 0.126 e. The first-order valence-corrected chi connectivity index (χ1v) is 6.81. The molecule has 0 bridgehead atoms. The second-order valence-electron chi connectivity index (χ2n) is 5.10. The van der Waals surface area contributed by atoms with Crippen molar-refractivity contribution >= 4 is 34.3 Å². The number of allylic oxidation sites excluding steroid dienone is 1. The van der Waals surface area contributed by atoms with E-state index in [0.717, 1.165) is 27.9 Å². The Bertz CT molecular complexity index is 736. The lowest BCUT2D eigenvalue weighted by Gasteiger charge is -2.12. The van der Waals surface area contributed by atoms with Crippen molar-refractivity contribution in [3.8, 4) is 0 Å². The Kier molecular flexibility index (Phi) is 3.53. The third-order valence-electron chi connectivity index (χ3n) is 3.27. The summed E-state index contributed by atoms with van der Waals surface area (Å²) in [6.45, 7) is 2.82. The highest BCUT2D eigenvalue weighted by Gasteiger charge is 2.10. The zero-order valence-electron chi connectivity index (χ0n) is 11.7. The number of hydrogen-bond acceptors (Lipinski definition) is 6. The number of rotatable bonds is 4. The van der Waals surface area contributed by atoms with Crippen LogP contribution in [-0.2, 0) is 0 Å². The van der Waals surface area contributed by atoms with E-state index in [1.807, 2.05) is 18.3 Å². The number of nitrogens with one attached hydrogen (secondary N) is 1. The average Bonchev–Trinajstić information content (AvgIpc) is 2.98. The number of hydrogen-bond donors (Lipinski definition) is 3. The molecule has 1 atom stereocenters. The number of nitrogens with two attached hydrogens (primary N) is 1. The van der Waals surface area contributed by atoms with Crippen LogP contribution >= 0.6 is 0 Å². The molecule has 0 radical (unpaired) electrons. The smallest absolute Gasteiger partial charge is 0.126 e. The molecule has 1 aliphatic rings. The van der Waals surface area contributed by atoms with E-state index < -0.39 is 6.10 Å². The second kappa shape index (κ2) is 5.49. The standard InChI is InChI=1S/C15H17N5O/c1-9(21)6-18-12-5-14(16)20-13-4-11(8-19-15(12)13)10-2-3-17-7-10/h2-5,8-9,21H,6-7H2,1H3,(H3,16,18,20)/t9-/m0/s1. The van der Waals surface area contributed by atoms with E-state index in [0.29, 0.717) is 18.9 Å². The van der Waals surface area contributed by atoms with Crippen molar-refractivity contribution in [3.05, 3.63) is 30.0 Å². The Hall–Kier alpha value is -2.47. The van der Waals surface area contributed by atoms with Gasteiger partial charge in [-0.15, -0.1) is 0 Å². The van der Waals surface area contributed by atoms with E-state index in [9.17, 15) is 5.11 Å². The zero-order valence-corrected chi connectivity index (χ0v) is 11.7. The summed E-state index contributed by atoms with van der Waals surface area (Å²) in [6.07, 6.45) is 5.13. The van der Waals surface area contributed by atoms with E-state index in [-0.39, 0.29) is 0 Å². The molecule has 21 heavy (non-hydrogen) atoms. The van der Waals surface area contributed by atoms with Gasteiger partial charge in [0, 0.05) is 30.6 Å². The van der Waals surface area contributed by atoms with Crippen LogP contribution in [0.15, 0.2) is 29.4 Å². The third kappa shape index (κ3) is 2.85. The molecule has 0 saturated carbocycles. The lowest BCUT2D eigenvalue weighted by molar-refractivity contribution is 0.208. The third-order valence-corrected chi connectivity index (χ3v) is 3.27. The van der Waals surface area contributed by atoms with Crippen LogP contribution < -0.4 is 11.1 Å². The molecule has 0 amide bonds. The Labute approximate surface area is 122 Å². The van der Waals surface area contributed by atoms with E-state index in [2.05, 4.69) is 20.3 Å². The van der Waals surface area contributed by atoms with Gasteiger partial charge in [0.1, 0.15) is 11.3 Å². The van der Waals surface area contributed by atoms with Gasteiger partial charge >= 0.3 is 0 Å². The van der Waals surface area contributed by atoms with Gasteiger partial charge < -0.3 is 16.2 Å². The number of fused-ring (bicyclic) bond motifs is 1.